The van der Waals surface area contributed by atoms with Gasteiger partial charge in [-0.3, -0.25) is 4.79 Å². The van der Waals surface area contributed by atoms with Crippen LogP contribution >= 0.6 is 0 Å². The molecule has 0 aliphatic heterocycles. The smallest absolute Gasteiger partial charge is 0.303 e. The van der Waals surface area contributed by atoms with Gasteiger partial charge >= 0.3 is 5.97 Å². The van der Waals surface area contributed by atoms with E-state index in [1.54, 1.807) is 0 Å². The Morgan fingerprint density at radius 2 is 1.79 bits per heavy atom. The number of carboxylic acid groups (broad SMARTS) is 1. The Morgan fingerprint density at radius 3 is 2.21 bits per heavy atom. The molecule has 19 heavy (non-hydrogen) atoms. The number of carboxylic acids is 1. The largest absolute Gasteiger partial charge is 0.494 e. The van der Waals surface area contributed by atoms with E-state index < -0.39 is 11.8 Å². The van der Waals surface area contributed by atoms with Crippen molar-refractivity contribution in [1.29, 1.82) is 0 Å². The van der Waals surface area contributed by atoms with Crippen LogP contribution in [0.15, 0.2) is 24.3 Å². The zero-order chi connectivity index (χ0) is 14.3. The van der Waals surface area contributed by atoms with Gasteiger partial charge in [-0.25, -0.2) is 0 Å². The summed E-state index contributed by atoms with van der Waals surface area (Å²) in [6.07, 6.45) is 0.207. The zero-order valence-electron chi connectivity index (χ0n) is 11.5. The molecule has 1 aromatic rings. The molecule has 0 fully saturated rings. The zero-order valence-corrected chi connectivity index (χ0v) is 11.5. The van der Waals surface area contributed by atoms with Crippen molar-refractivity contribution in [3.05, 3.63) is 29.8 Å². The second-order valence-corrected chi connectivity index (χ2v) is 4.01. The van der Waals surface area contributed by atoms with Crippen LogP contribution in [0.4, 0.5) is 0 Å². The summed E-state index contributed by atoms with van der Waals surface area (Å²) >= 11 is 0. The molecular weight excluding hydrogens is 248 g/mol. The Bertz CT molecular complexity index is 395. The highest BCUT2D eigenvalue weighted by atomic mass is 16.7. The maximum atomic E-state index is 10.7. The van der Waals surface area contributed by atoms with E-state index in [1.165, 1.54) is 14.2 Å². The van der Waals surface area contributed by atoms with E-state index in [1.807, 2.05) is 31.2 Å². The number of carbonyl (C=O) groups is 1. The third kappa shape index (κ3) is 3.94. The van der Waals surface area contributed by atoms with Crippen LogP contribution in [0.1, 0.15) is 25.3 Å². The first-order chi connectivity index (χ1) is 9.07. The molecule has 5 nitrogen and oxygen atoms in total. The number of benzene rings is 1. The third-order valence-corrected chi connectivity index (χ3v) is 2.93. The molecule has 0 aromatic heterocycles. The predicted octanol–water partition coefficient (Wildman–Crippen LogP) is 2.40. The first-order valence-corrected chi connectivity index (χ1v) is 6.13. The molecule has 106 valence electrons. The molecule has 0 atom stereocenters. The molecule has 0 heterocycles. The van der Waals surface area contributed by atoms with E-state index in [4.69, 9.17) is 19.3 Å². The van der Waals surface area contributed by atoms with Crippen LogP contribution in [-0.4, -0.2) is 31.9 Å². The van der Waals surface area contributed by atoms with Gasteiger partial charge in [0.2, 0.25) is 0 Å². The molecular formula is C14H20O5. The standard InChI is InChI=1S/C14H20O5/c1-4-19-12-7-5-11(6-8-12)14(17-2,18-3)10-9-13(15)16/h5-8H,4,9-10H2,1-3H3,(H,15,16). The number of ether oxygens (including phenoxy) is 3. The summed E-state index contributed by atoms with van der Waals surface area (Å²) in [6, 6.07) is 7.26. The summed E-state index contributed by atoms with van der Waals surface area (Å²) in [7, 11) is 3.00. The van der Waals surface area contributed by atoms with Gasteiger partial charge in [0, 0.05) is 26.2 Å². The number of methoxy groups -OCH3 is 2. The van der Waals surface area contributed by atoms with Gasteiger partial charge in [-0.1, -0.05) is 0 Å². The summed E-state index contributed by atoms with van der Waals surface area (Å²) in [5.74, 6) is -1.17. The SMILES string of the molecule is CCOc1ccc(C(CCC(=O)O)(OC)OC)cc1. The van der Waals surface area contributed by atoms with Crippen LogP contribution in [-0.2, 0) is 20.1 Å². The van der Waals surface area contributed by atoms with Gasteiger partial charge in [-0.15, -0.1) is 0 Å². The van der Waals surface area contributed by atoms with Gasteiger partial charge in [-0.05, 0) is 31.2 Å². The van der Waals surface area contributed by atoms with Gasteiger partial charge < -0.3 is 19.3 Å². The molecule has 0 saturated heterocycles. The van der Waals surface area contributed by atoms with Crippen molar-refractivity contribution >= 4 is 5.97 Å². The Labute approximate surface area is 113 Å². The Kier molecular flexibility index (Phi) is 5.79. The lowest BCUT2D eigenvalue weighted by Crippen LogP contribution is -2.31. The lowest BCUT2D eigenvalue weighted by atomic mass is 10.00. The molecule has 0 aliphatic rings. The molecule has 0 aliphatic carbocycles. The molecule has 0 unspecified atom stereocenters. The first kappa shape index (κ1) is 15.5. The normalized spacial score (nSPS) is 11.3. The van der Waals surface area contributed by atoms with Crippen molar-refractivity contribution in [1.82, 2.24) is 0 Å². The number of aliphatic carboxylic acids is 1. The van der Waals surface area contributed by atoms with Crippen LogP contribution in [0.2, 0.25) is 0 Å². The third-order valence-electron chi connectivity index (χ3n) is 2.93. The van der Waals surface area contributed by atoms with Gasteiger partial charge in [0.1, 0.15) is 5.75 Å². The van der Waals surface area contributed by atoms with E-state index in [-0.39, 0.29) is 12.8 Å². The minimum atomic E-state index is -1.04. The number of rotatable bonds is 8. The minimum Gasteiger partial charge on any atom is -0.494 e. The van der Waals surface area contributed by atoms with Gasteiger partial charge in [0.15, 0.2) is 5.79 Å². The Balaban J connectivity index is 2.93. The monoisotopic (exact) mass is 268 g/mol. The molecule has 1 aromatic carbocycles. The van der Waals surface area contributed by atoms with E-state index in [0.717, 1.165) is 11.3 Å². The van der Waals surface area contributed by atoms with Gasteiger partial charge in [-0.2, -0.15) is 0 Å². The van der Waals surface area contributed by atoms with E-state index in [0.29, 0.717) is 6.61 Å². The number of hydrogen-bond donors (Lipinski definition) is 1. The van der Waals surface area contributed by atoms with Crippen molar-refractivity contribution in [2.75, 3.05) is 20.8 Å². The fourth-order valence-corrected chi connectivity index (χ4v) is 1.91. The van der Waals surface area contributed by atoms with Crippen LogP contribution in [0.25, 0.3) is 0 Å². The molecule has 5 heteroatoms. The minimum absolute atomic E-state index is 0.0328. The van der Waals surface area contributed by atoms with E-state index >= 15 is 0 Å². The van der Waals surface area contributed by atoms with E-state index in [9.17, 15) is 4.79 Å². The van der Waals surface area contributed by atoms with Gasteiger partial charge in [0.05, 0.1) is 13.0 Å². The van der Waals surface area contributed by atoms with Crippen molar-refractivity contribution in [2.24, 2.45) is 0 Å². The highest BCUT2D eigenvalue weighted by Gasteiger charge is 2.32. The van der Waals surface area contributed by atoms with Gasteiger partial charge in [0.25, 0.3) is 0 Å². The highest BCUT2D eigenvalue weighted by molar-refractivity contribution is 5.66. The topological polar surface area (TPSA) is 65.0 Å². The maximum Gasteiger partial charge on any atom is 0.303 e. The quantitative estimate of drug-likeness (QED) is 0.733. The molecule has 1 rings (SSSR count). The average Bonchev–Trinajstić information content (AvgIpc) is 2.42. The summed E-state index contributed by atoms with van der Waals surface area (Å²) in [5, 5.41) is 8.80. The first-order valence-electron chi connectivity index (χ1n) is 6.13. The maximum absolute atomic E-state index is 10.7. The van der Waals surface area contributed by atoms with Crippen molar-refractivity contribution in [2.45, 2.75) is 25.6 Å². The summed E-state index contributed by atoms with van der Waals surface area (Å²) in [6.45, 7) is 2.51. The molecule has 0 saturated carbocycles. The molecule has 0 bridgehead atoms. The van der Waals surface area contributed by atoms with Crippen LogP contribution in [0.5, 0.6) is 5.75 Å². The van der Waals surface area contributed by atoms with Crippen molar-refractivity contribution in [3.8, 4) is 5.75 Å². The van der Waals surface area contributed by atoms with Crippen LogP contribution in [0, 0.1) is 0 Å². The van der Waals surface area contributed by atoms with E-state index in [2.05, 4.69) is 0 Å². The molecule has 0 spiro atoms. The fourth-order valence-electron chi connectivity index (χ4n) is 1.91. The molecule has 0 amide bonds. The second-order valence-electron chi connectivity index (χ2n) is 4.01. The highest BCUT2D eigenvalue weighted by Crippen LogP contribution is 2.32. The van der Waals surface area contributed by atoms with Crippen molar-refractivity contribution < 1.29 is 24.1 Å². The van der Waals surface area contributed by atoms with Crippen molar-refractivity contribution in [3.63, 3.8) is 0 Å². The summed E-state index contributed by atoms with van der Waals surface area (Å²) in [4.78, 5) is 10.7. The average molecular weight is 268 g/mol. The predicted molar refractivity (Wildman–Crippen MR) is 70.2 cm³/mol. The second kappa shape index (κ2) is 7.11. The summed E-state index contributed by atoms with van der Waals surface area (Å²) < 4.78 is 16.2. The lowest BCUT2D eigenvalue weighted by Gasteiger charge is -2.31. The summed E-state index contributed by atoms with van der Waals surface area (Å²) in [5.41, 5.74) is 0.766. The Morgan fingerprint density at radius 1 is 1.21 bits per heavy atom. The fraction of sp³-hybridized carbons (Fsp3) is 0.500. The molecule has 1 N–H and O–H groups in total. The molecule has 0 radical (unpaired) electrons. The number of hydrogen-bond acceptors (Lipinski definition) is 4. The Hall–Kier alpha value is -1.59. The van der Waals surface area contributed by atoms with Crippen LogP contribution < -0.4 is 4.74 Å². The van der Waals surface area contributed by atoms with Crippen LogP contribution in [0.3, 0.4) is 0 Å². The lowest BCUT2D eigenvalue weighted by molar-refractivity contribution is -0.221.